The molecule has 1 N–H and O–H groups in total. The number of nitrogens with zero attached hydrogens (tertiary/aromatic N) is 4. The van der Waals surface area contributed by atoms with E-state index in [4.69, 9.17) is 0 Å². The summed E-state index contributed by atoms with van der Waals surface area (Å²) in [5, 5.41) is 4.05. The average molecular weight is 343 g/mol. The number of para-hydroxylation sites is 1. The molecule has 0 saturated carbocycles. The Morgan fingerprint density at radius 1 is 1.00 bits per heavy atom. The fourth-order valence-electron chi connectivity index (χ4n) is 2.91. The second-order valence-electron chi connectivity index (χ2n) is 5.87. The van der Waals surface area contributed by atoms with Gasteiger partial charge in [0, 0.05) is 42.1 Å². The Bertz CT molecular complexity index is 1040. The summed E-state index contributed by atoms with van der Waals surface area (Å²) in [5.74, 6) is -0.0749. The largest absolute Gasteiger partial charge is 0.349 e. The molecule has 0 atom stereocenters. The van der Waals surface area contributed by atoms with Gasteiger partial charge in [-0.15, -0.1) is 0 Å². The first kappa shape index (κ1) is 16.0. The molecule has 0 aliphatic rings. The van der Waals surface area contributed by atoms with Crippen molar-refractivity contribution in [2.24, 2.45) is 0 Å². The van der Waals surface area contributed by atoms with E-state index in [2.05, 4.69) is 20.3 Å². The maximum Gasteiger partial charge on any atom is 0.240 e. The Morgan fingerprint density at radius 2 is 1.88 bits per heavy atom. The van der Waals surface area contributed by atoms with Crippen molar-refractivity contribution in [3.05, 3.63) is 79.1 Å². The number of nitrogens with one attached hydrogen (secondary N) is 1. The minimum Gasteiger partial charge on any atom is -0.349 e. The van der Waals surface area contributed by atoms with E-state index in [1.165, 1.54) is 0 Å². The molecule has 0 aliphatic heterocycles. The number of benzene rings is 1. The summed E-state index contributed by atoms with van der Waals surface area (Å²) in [6, 6.07) is 13.8. The Labute approximate surface area is 150 Å². The van der Waals surface area contributed by atoms with Crippen LogP contribution in [-0.4, -0.2) is 25.4 Å². The Hall–Kier alpha value is -3.54. The van der Waals surface area contributed by atoms with Crippen LogP contribution in [0.5, 0.6) is 0 Å². The topological polar surface area (TPSA) is 72.7 Å². The Morgan fingerprint density at radius 3 is 2.77 bits per heavy atom. The SMILES string of the molecule is O=C(Cn1ccc2ccccc21)NCc1nccnc1-c1cccnc1. The highest BCUT2D eigenvalue weighted by molar-refractivity contribution is 5.83. The normalized spacial score (nSPS) is 10.8. The molecule has 26 heavy (non-hydrogen) atoms. The Balaban J connectivity index is 1.47. The number of hydrogen-bond donors (Lipinski definition) is 1. The molecule has 0 spiro atoms. The second kappa shape index (κ2) is 7.14. The maximum absolute atomic E-state index is 12.4. The molecule has 4 aromatic rings. The minimum absolute atomic E-state index is 0.0749. The first-order valence-corrected chi connectivity index (χ1v) is 8.32. The monoisotopic (exact) mass is 343 g/mol. The molecule has 0 bridgehead atoms. The van der Waals surface area contributed by atoms with Gasteiger partial charge in [-0.25, -0.2) is 0 Å². The fraction of sp³-hybridized carbons (Fsp3) is 0.100. The lowest BCUT2D eigenvalue weighted by molar-refractivity contribution is -0.121. The molecule has 4 rings (SSSR count). The number of hydrogen-bond acceptors (Lipinski definition) is 4. The lowest BCUT2D eigenvalue weighted by Gasteiger charge is -2.10. The minimum atomic E-state index is -0.0749. The van der Waals surface area contributed by atoms with E-state index in [9.17, 15) is 4.79 Å². The molecule has 6 heteroatoms. The van der Waals surface area contributed by atoms with Crippen molar-refractivity contribution in [1.29, 1.82) is 0 Å². The standard InChI is InChI=1S/C20H17N5O/c26-19(14-25-11-7-15-4-1-2-6-18(15)25)24-13-17-20(23-10-9-22-17)16-5-3-8-21-12-16/h1-12H,13-14H2,(H,24,26). The zero-order valence-corrected chi connectivity index (χ0v) is 14.0. The molecule has 3 aromatic heterocycles. The molecule has 6 nitrogen and oxygen atoms in total. The molecule has 0 fully saturated rings. The van der Waals surface area contributed by atoms with Crippen molar-refractivity contribution in [3.63, 3.8) is 0 Å². The number of rotatable bonds is 5. The number of aromatic nitrogens is 4. The predicted octanol–water partition coefficient (Wildman–Crippen LogP) is 2.81. The molecule has 0 saturated heterocycles. The van der Waals surface area contributed by atoms with Gasteiger partial charge in [0.15, 0.2) is 0 Å². The third-order valence-corrected chi connectivity index (χ3v) is 4.16. The maximum atomic E-state index is 12.4. The van der Waals surface area contributed by atoms with Crippen LogP contribution in [0.2, 0.25) is 0 Å². The van der Waals surface area contributed by atoms with Gasteiger partial charge in [0.2, 0.25) is 5.91 Å². The highest BCUT2D eigenvalue weighted by Crippen LogP contribution is 2.18. The first-order chi connectivity index (χ1) is 12.8. The van der Waals surface area contributed by atoms with Crippen LogP contribution < -0.4 is 5.32 Å². The predicted molar refractivity (Wildman–Crippen MR) is 99.0 cm³/mol. The van der Waals surface area contributed by atoms with Gasteiger partial charge in [-0.3, -0.25) is 19.7 Å². The van der Waals surface area contributed by atoms with Crippen LogP contribution in [-0.2, 0) is 17.9 Å². The summed E-state index contributed by atoms with van der Waals surface area (Å²) in [7, 11) is 0. The highest BCUT2D eigenvalue weighted by atomic mass is 16.1. The van der Waals surface area contributed by atoms with Gasteiger partial charge in [-0.1, -0.05) is 18.2 Å². The highest BCUT2D eigenvalue weighted by Gasteiger charge is 2.10. The van der Waals surface area contributed by atoms with Crippen LogP contribution >= 0.6 is 0 Å². The van der Waals surface area contributed by atoms with Gasteiger partial charge in [0.05, 0.1) is 17.9 Å². The molecule has 0 radical (unpaired) electrons. The number of fused-ring (bicyclic) bond motifs is 1. The molecular formula is C20H17N5O. The van der Waals surface area contributed by atoms with E-state index < -0.39 is 0 Å². The van der Waals surface area contributed by atoms with Gasteiger partial charge >= 0.3 is 0 Å². The molecule has 3 heterocycles. The van der Waals surface area contributed by atoms with Crippen LogP contribution in [0, 0.1) is 0 Å². The van der Waals surface area contributed by atoms with Gasteiger partial charge in [-0.05, 0) is 29.7 Å². The van der Waals surface area contributed by atoms with E-state index >= 15 is 0 Å². The van der Waals surface area contributed by atoms with Crippen LogP contribution in [0.1, 0.15) is 5.69 Å². The lowest BCUT2D eigenvalue weighted by Crippen LogP contribution is -2.27. The van der Waals surface area contributed by atoms with Crippen molar-refractivity contribution in [2.75, 3.05) is 0 Å². The number of carbonyl (C=O) groups excluding carboxylic acids is 1. The number of pyridine rings is 1. The smallest absolute Gasteiger partial charge is 0.240 e. The number of carbonyl (C=O) groups is 1. The third kappa shape index (κ3) is 3.30. The van der Waals surface area contributed by atoms with Gasteiger partial charge in [-0.2, -0.15) is 0 Å². The van der Waals surface area contributed by atoms with Gasteiger partial charge in [0.25, 0.3) is 0 Å². The summed E-state index contributed by atoms with van der Waals surface area (Å²) in [4.78, 5) is 25.2. The first-order valence-electron chi connectivity index (χ1n) is 8.32. The van der Waals surface area contributed by atoms with Crippen LogP contribution in [0.15, 0.2) is 73.4 Å². The van der Waals surface area contributed by atoms with Crippen LogP contribution in [0.4, 0.5) is 0 Å². The fourth-order valence-corrected chi connectivity index (χ4v) is 2.91. The Kier molecular flexibility index (Phi) is 4.38. The van der Waals surface area contributed by atoms with Crippen molar-refractivity contribution in [1.82, 2.24) is 24.8 Å². The van der Waals surface area contributed by atoms with E-state index in [1.807, 2.05) is 53.2 Å². The van der Waals surface area contributed by atoms with Crippen LogP contribution in [0.3, 0.4) is 0 Å². The van der Waals surface area contributed by atoms with Crippen molar-refractivity contribution >= 4 is 16.8 Å². The molecular weight excluding hydrogens is 326 g/mol. The quantitative estimate of drug-likeness (QED) is 0.605. The summed E-state index contributed by atoms with van der Waals surface area (Å²) >= 11 is 0. The van der Waals surface area contributed by atoms with Gasteiger partial charge < -0.3 is 9.88 Å². The van der Waals surface area contributed by atoms with E-state index in [0.717, 1.165) is 22.2 Å². The van der Waals surface area contributed by atoms with Crippen molar-refractivity contribution in [3.8, 4) is 11.3 Å². The summed E-state index contributed by atoms with van der Waals surface area (Å²) < 4.78 is 1.93. The van der Waals surface area contributed by atoms with Crippen molar-refractivity contribution in [2.45, 2.75) is 13.1 Å². The second-order valence-corrected chi connectivity index (χ2v) is 5.87. The van der Waals surface area contributed by atoms with Gasteiger partial charge in [0.1, 0.15) is 6.54 Å². The molecule has 0 aliphatic carbocycles. The van der Waals surface area contributed by atoms with E-state index in [1.54, 1.807) is 24.8 Å². The van der Waals surface area contributed by atoms with Crippen molar-refractivity contribution < 1.29 is 4.79 Å². The molecule has 1 aromatic carbocycles. The zero-order valence-electron chi connectivity index (χ0n) is 14.0. The summed E-state index contributed by atoms with van der Waals surface area (Å²) in [6.07, 6.45) is 8.64. The summed E-state index contributed by atoms with van der Waals surface area (Å²) in [5.41, 5.74) is 3.36. The number of amides is 1. The zero-order chi connectivity index (χ0) is 17.8. The van der Waals surface area contributed by atoms with E-state index in [0.29, 0.717) is 12.2 Å². The molecule has 1 amide bonds. The summed E-state index contributed by atoms with van der Waals surface area (Å²) in [6.45, 7) is 0.575. The van der Waals surface area contributed by atoms with Crippen LogP contribution in [0.25, 0.3) is 22.2 Å². The molecule has 128 valence electrons. The van der Waals surface area contributed by atoms with E-state index in [-0.39, 0.29) is 12.5 Å². The third-order valence-electron chi connectivity index (χ3n) is 4.16. The average Bonchev–Trinajstić information content (AvgIpc) is 3.10. The lowest BCUT2D eigenvalue weighted by atomic mass is 10.1. The molecule has 0 unspecified atom stereocenters.